The first-order valence-electron chi connectivity index (χ1n) is 11.8. The van der Waals surface area contributed by atoms with Gasteiger partial charge >= 0.3 is 0 Å². The number of nitrogens with one attached hydrogen (secondary N) is 2. The van der Waals surface area contributed by atoms with Crippen molar-refractivity contribution in [2.24, 2.45) is 0 Å². The van der Waals surface area contributed by atoms with Crippen LogP contribution in [0, 0.1) is 12.7 Å². The Kier molecular flexibility index (Phi) is 7.30. The van der Waals surface area contributed by atoms with Gasteiger partial charge in [0.15, 0.2) is 5.82 Å². The molecule has 2 N–H and O–H groups in total. The van der Waals surface area contributed by atoms with E-state index in [0.29, 0.717) is 24.6 Å². The first-order valence-corrected chi connectivity index (χ1v) is 13.4. The second-order valence-electron chi connectivity index (χ2n) is 9.38. The Morgan fingerprint density at radius 2 is 1.88 bits per heavy atom. The van der Waals surface area contributed by atoms with Crippen LogP contribution in [0.4, 0.5) is 10.3 Å². The molecule has 9 nitrogen and oxygen atoms in total. The maximum atomic E-state index is 14.6. The van der Waals surface area contributed by atoms with E-state index in [1.807, 2.05) is 25.3 Å². The Labute approximate surface area is 195 Å². The molecule has 1 saturated carbocycles. The fourth-order valence-corrected chi connectivity index (χ4v) is 6.21. The van der Waals surface area contributed by atoms with E-state index in [0.717, 1.165) is 44.6 Å². The third-order valence-corrected chi connectivity index (χ3v) is 7.88. The summed E-state index contributed by atoms with van der Waals surface area (Å²) >= 11 is 0. The number of hydrogen-bond acceptors (Lipinski definition) is 7. The highest BCUT2D eigenvalue weighted by molar-refractivity contribution is 7.89. The van der Waals surface area contributed by atoms with Crippen LogP contribution in [0.15, 0.2) is 12.4 Å². The molecule has 11 heteroatoms. The lowest BCUT2D eigenvalue weighted by Crippen LogP contribution is -2.38. The molecule has 2 unspecified atom stereocenters. The normalized spacial score (nSPS) is 21.8. The first kappa shape index (κ1) is 24.0. The van der Waals surface area contributed by atoms with Crippen molar-refractivity contribution in [1.82, 2.24) is 29.1 Å². The molecule has 4 rings (SSSR count). The Bertz CT molecular complexity index is 1070. The number of imidazole rings is 1. The molecule has 33 heavy (non-hydrogen) atoms. The average molecular weight is 480 g/mol. The van der Waals surface area contributed by atoms with Gasteiger partial charge in [-0.25, -0.2) is 32.5 Å². The van der Waals surface area contributed by atoms with E-state index in [-0.39, 0.29) is 29.6 Å². The number of anilines is 1. The van der Waals surface area contributed by atoms with Crippen molar-refractivity contribution >= 4 is 16.0 Å². The molecule has 182 valence electrons. The van der Waals surface area contributed by atoms with Crippen LogP contribution < -0.4 is 10.0 Å². The number of rotatable bonds is 9. The molecule has 1 aliphatic carbocycles. The molecule has 0 aromatic carbocycles. The summed E-state index contributed by atoms with van der Waals surface area (Å²) in [6, 6.07) is 0.0183. The number of hydrogen-bond donors (Lipinski definition) is 2. The Balaban J connectivity index is 1.37. The minimum absolute atomic E-state index is 0.0198. The monoisotopic (exact) mass is 479 g/mol. The predicted molar refractivity (Wildman–Crippen MR) is 126 cm³/mol. The first-order chi connectivity index (χ1) is 15.7. The van der Waals surface area contributed by atoms with Gasteiger partial charge in [-0.2, -0.15) is 0 Å². The van der Waals surface area contributed by atoms with Crippen LogP contribution >= 0.6 is 0 Å². The molecule has 0 radical (unpaired) electrons. The zero-order chi connectivity index (χ0) is 23.6. The van der Waals surface area contributed by atoms with Gasteiger partial charge in [0.2, 0.25) is 16.0 Å². The summed E-state index contributed by atoms with van der Waals surface area (Å²) in [6.07, 6.45) is 7.28. The molecular formula is C22H34FN7O2S. The number of aryl methyl sites for hydroxylation is 1. The van der Waals surface area contributed by atoms with Gasteiger partial charge in [-0.1, -0.05) is 0 Å². The smallest absolute Gasteiger partial charge is 0.223 e. The van der Waals surface area contributed by atoms with Gasteiger partial charge in [-0.05, 0) is 66.0 Å². The van der Waals surface area contributed by atoms with Gasteiger partial charge in [-0.15, -0.1) is 0 Å². The average Bonchev–Trinajstić information content (AvgIpc) is 3.49. The van der Waals surface area contributed by atoms with Gasteiger partial charge < -0.3 is 14.8 Å². The Hall–Kier alpha value is -2.11. The van der Waals surface area contributed by atoms with E-state index in [1.54, 1.807) is 6.20 Å². The van der Waals surface area contributed by atoms with Crippen LogP contribution in [-0.2, 0) is 10.0 Å². The molecule has 2 aromatic rings. The zero-order valence-electron chi connectivity index (χ0n) is 19.6. The summed E-state index contributed by atoms with van der Waals surface area (Å²) in [4.78, 5) is 15.1. The lowest BCUT2D eigenvalue weighted by molar-refractivity contribution is 0.358. The van der Waals surface area contributed by atoms with E-state index in [1.165, 1.54) is 6.20 Å². The van der Waals surface area contributed by atoms with E-state index < -0.39 is 15.8 Å². The Morgan fingerprint density at radius 3 is 2.61 bits per heavy atom. The molecule has 1 saturated heterocycles. The number of sulfonamides is 1. The van der Waals surface area contributed by atoms with Crippen molar-refractivity contribution in [2.75, 3.05) is 30.7 Å². The number of nitrogens with zero attached hydrogens (tertiary/aromatic N) is 5. The molecular weight excluding hydrogens is 445 g/mol. The lowest BCUT2D eigenvalue weighted by atomic mass is 10.2. The van der Waals surface area contributed by atoms with Crippen LogP contribution in [0.5, 0.6) is 0 Å². The highest BCUT2D eigenvalue weighted by atomic mass is 32.2. The highest BCUT2D eigenvalue weighted by Gasteiger charge is 2.29. The van der Waals surface area contributed by atoms with Crippen molar-refractivity contribution in [3.05, 3.63) is 24.0 Å². The maximum Gasteiger partial charge on any atom is 0.223 e. The second kappa shape index (κ2) is 10.0. The molecule has 0 amide bonds. The quantitative estimate of drug-likeness (QED) is 0.570. The van der Waals surface area contributed by atoms with Gasteiger partial charge in [0.05, 0.1) is 23.8 Å². The predicted octanol–water partition coefficient (Wildman–Crippen LogP) is 2.72. The number of likely N-dealkylation sites (tertiary alicyclic amines) is 1. The van der Waals surface area contributed by atoms with E-state index in [2.05, 4.69) is 29.9 Å². The third-order valence-electron chi connectivity index (χ3n) is 6.47. The lowest BCUT2D eigenvalue weighted by Gasteiger charge is -2.18. The van der Waals surface area contributed by atoms with Gasteiger partial charge in [0.1, 0.15) is 11.5 Å². The van der Waals surface area contributed by atoms with Gasteiger partial charge in [-0.3, -0.25) is 0 Å². The summed E-state index contributed by atoms with van der Waals surface area (Å²) in [6.45, 7) is 8.47. The summed E-state index contributed by atoms with van der Waals surface area (Å²) in [5, 5.41) is 3.26. The molecule has 1 aliphatic heterocycles. The van der Waals surface area contributed by atoms with Crippen LogP contribution in [0.2, 0.25) is 0 Å². The molecule has 2 aromatic heterocycles. The summed E-state index contributed by atoms with van der Waals surface area (Å²) in [7, 11) is -3.32. The number of aromatic nitrogens is 4. The molecule has 2 aliphatic rings. The van der Waals surface area contributed by atoms with Crippen LogP contribution in [0.25, 0.3) is 11.4 Å². The van der Waals surface area contributed by atoms with Crippen molar-refractivity contribution in [1.29, 1.82) is 0 Å². The fourth-order valence-electron chi connectivity index (χ4n) is 4.87. The molecule has 2 fully saturated rings. The van der Waals surface area contributed by atoms with E-state index in [9.17, 15) is 12.8 Å². The van der Waals surface area contributed by atoms with Gasteiger partial charge in [0.25, 0.3) is 0 Å². The standard InChI is InChI=1S/C22H34FN7O2S/c1-15(2)30-16(3)24-14-20(30)21-19(23)13-25-22(27-21)26-17-6-7-18(12-17)28-33(31,32)11-10-29-8-4-5-9-29/h13-15,17-18,28H,4-12H2,1-3H3,(H,25,26,27). The van der Waals surface area contributed by atoms with Crippen molar-refractivity contribution in [2.45, 2.75) is 71.0 Å². The maximum absolute atomic E-state index is 14.6. The molecule has 2 atom stereocenters. The summed E-state index contributed by atoms with van der Waals surface area (Å²) < 4.78 is 44.4. The largest absolute Gasteiger partial charge is 0.351 e. The SMILES string of the molecule is Cc1ncc(-c2nc(NC3CCC(NS(=O)(=O)CCN4CCCC4)C3)ncc2F)n1C(C)C. The van der Waals surface area contributed by atoms with E-state index >= 15 is 0 Å². The van der Waals surface area contributed by atoms with E-state index in [4.69, 9.17) is 0 Å². The summed E-state index contributed by atoms with van der Waals surface area (Å²) in [5.74, 6) is 0.762. The third kappa shape index (κ3) is 5.88. The fraction of sp³-hybridized carbons (Fsp3) is 0.682. The second-order valence-corrected chi connectivity index (χ2v) is 11.3. The van der Waals surface area contributed by atoms with Crippen molar-refractivity contribution < 1.29 is 12.8 Å². The molecule has 0 bridgehead atoms. The molecule has 3 heterocycles. The van der Waals surface area contributed by atoms with Crippen LogP contribution in [-0.4, -0.2) is 70.3 Å². The minimum Gasteiger partial charge on any atom is -0.351 e. The topological polar surface area (TPSA) is 105 Å². The minimum atomic E-state index is -3.32. The summed E-state index contributed by atoms with van der Waals surface area (Å²) in [5.41, 5.74) is 0.819. The van der Waals surface area contributed by atoms with Crippen molar-refractivity contribution in [3.63, 3.8) is 0 Å². The van der Waals surface area contributed by atoms with Crippen LogP contribution in [0.1, 0.15) is 57.8 Å². The molecule has 0 spiro atoms. The van der Waals surface area contributed by atoms with Gasteiger partial charge in [0, 0.05) is 24.7 Å². The van der Waals surface area contributed by atoms with Crippen molar-refractivity contribution in [3.8, 4) is 11.4 Å². The van der Waals surface area contributed by atoms with Crippen LogP contribution in [0.3, 0.4) is 0 Å². The number of halogens is 1. The Morgan fingerprint density at radius 1 is 1.15 bits per heavy atom. The highest BCUT2D eigenvalue weighted by Crippen LogP contribution is 2.27. The zero-order valence-corrected chi connectivity index (χ0v) is 20.4.